The van der Waals surface area contributed by atoms with Crippen molar-refractivity contribution < 1.29 is 19.0 Å². The van der Waals surface area contributed by atoms with Crippen LogP contribution >= 0.6 is 0 Å². The molecule has 2 aromatic heterocycles. The summed E-state index contributed by atoms with van der Waals surface area (Å²) in [7, 11) is 0. The minimum atomic E-state index is -0.562. The molecule has 0 saturated heterocycles. The first-order chi connectivity index (χ1) is 13.1. The van der Waals surface area contributed by atoms with Crippen molar-refractivity contribution in [3.05, 3.63) is 70.3 Å². The van der Waals surface area contributed by atoms with Crippen LogP contribution in [-0.4, -0.2) is 28.6 Å². The van der Waals surface area contributed by atoms with Crippen LogP contribution in [0.15, 0.2) is 53.5 Å². The van der Waals surface area contributed by atoms with Gasteiger partial charge in [0.1, 0.15) is 12.3 Å². The van der Waals surface area contributed by atoms with Crippen molar-refractivity contribution in [3.63, 3.8) is 0 Å². The summed E-state index contributed by atoms with van der Waals surface area (Å²) in [5, 5.41) is 0. The van der Waals surface area contributed by atoms with Crippen LogP contribution in [0.25, 0.3) is 5.65 Å². The van der Waals surface area contributed by atoms with E-state index < -0.39 is 5.97 Å². The minimum absolute atomic E-state index is 0.102. The lowest BCUT2D eigenvalue weighted by atomic mass is 10.3. The molecule has 0 unspecified atom stereocenters. The van der Waals surface area contributed by atoms with Gasteiger partial charge in [-0.2, -0.15) is 0 Å². The number of aromatic nitrogens is 2. The van der Waals surface area contributed by atoms with E-state index >= 15 is 0 Å². The fraction of sp³-hybridized carbons (Fsp3) is 0.250. The molecule has 3 aromatic rings. The summed E-state index contributed by atoms with van der Waals surface area (Å²) in [6, 6.07) is 12.1. The molecule has 0 spiro atoms. The van der Waals surface area contributed by atoms with Crippen molar-refractivity contribution in [3.8, 4) is 11.5 Å². The number of esters is 1. The molecule has 0 N–H and O–H groups in total. The molecule has 7 heteroatoms. The number of carbonyl (C=O) groups is 1. The Morgan fingerprint density at radius 1 is 1.11 bits per heavy atom. The van der Waals surface area contributed by atoms with Gasteiger partial charge >= 0.3 is 5.97 Å². The van der Waals surface area contributed by atoms with Crippen molar-refractivity contribution in [1.82, 2.24) is 9.38 Å². The van der Waals surface area contributed by atoms with Crippen LogP contribution in [0.5, 0.6) is 11.5 Å². The Hall–Kier alpha value is -3.35. The fourth-order valence-electron chi connectivity index (χ4n) is 2.56. The highest BCUT2D eigenvalue weighted by atomic mass is 16.6. The number of nitrogens with zero attached hydrogens (tertiary/aromatic N) is 2. The highest BCUT2D eigenvalue weighted by Crippen LogP contribution is 2.26. The van der Waals surface area contributed by atoms with Gasteiger partial charge in [0, 0.05) is 12.3 Å². The first kappa shape index (κ1) is 18.4. The lowest BCUT2D eigenvalue weighted by Crippen LogP contribution is -2.19. The van der Waals surface area contributed by atoms with E-state index in [1.807, 2.05) is 26.0 Å². The molecule has 0 bridgehead atoms. The highest BCUT2D eigenvalue weighted by molar-refractivity contribution is 5.71. The third kappa shape index (κ3) is 4.44. The monoisotopic (exact) mass is 368 g/mol. The summed E-state index contributed by atoms with van der Waals surface area (Å²) >= 11 is 0. The van der Waals surface area contributed by atoms with Crippen LogP contribution in [-0.2, 0) is 16.1 Å². The van der Waals surface area contributed by atoms with E-state index in [1.54, 1.807) is 30.5 Å². The summed E-state index contributed by atoms with van der Waals surface area (Å²) in [6.07, 6.45) is 1.65. The molecule has 0 atom stereocenters. The van der Waals surface area contributed by atoms with E-state index in [4.69, 9.17) is 14.2 Å². The molecule has 27 heavy (non-hydrogen) atoms. The van der Waals surface area contributed by atoms with Crippen molar-refractivity contribution in [1.29, 1.82) is 0 Å². The maximum absolute atomic E-state index is 12.2. The van der Waals surface area contributed by atoms with Gasteiger partial charge in [-0.25, -0.2) is 9.78 Å². The lowest BCUT2D eigenvalue weighted by Gasteiger charge is -2.11. The maximum Gasteiger partial charge on any atom is 0.344 e. The van der Waals surface area contributed by atoms with E-state index in [2.05, 4.69) is 4.98 Å². The Morgan fingerprint density at radius 3 is 2.59 bits per heavy atom. The van der Waals surface area contributed by atoms with Gasteiger partial charge in [0.05, 0.1) is 12.3 Å². The van der Waals surface area contributed by atoms with Crippen molar-refractivity contribution in [2.75, 3.05) is 13.2 Å². The number of rotatable bonds is 7. The summed E-state index contributed by atoms with van der Waals surface area (Å²) in [5.41, 5.74) is 1.56. The number of carbonyl (C=O) groups excluding carboxylic acids is 1. The number of fused-ring (bicyclic) bond motifs is 1. The molecule has 2 heterocycles. The number of para-hydroxylation sites is 2. The third-order valence-corrected chi connectivity index (χ3v) is 3.81. The van der Waals surface area contributed by atoms with E-state index in [-0.39, 0.29) is 18.8 Å². The normalized spacial score (nSPS) is 10.6. The molecule has 0 aliphatic carbocycles. The van der Waals surface area contributed by atoms with E-state index in [0.717, 1.165) is 5.56 Å². The molecule has 0 fully saturated rings. The second-order valence-corrected chi connectivity index (χ2v) is 5.80. The summed E-state index contributed by atoms with van der Waals surface area (Å²) in [6.45, 7) is 3.85. The van der Waals surface area contributed by atoms with Crippen LogP contribution in [0.2, 0.25) is 0 Å². The van der Waals surface area contributed by atoms with E-state index in [9.17, 15) is 9.59 Å². The van der Waals surface area contributed by atoms with E-state index in [1.165, 1.54) is 10.5 Å². The number of hydrogen-bond donors (Lipinski definition) is 0. The zero-order valence-electron chi connectivity index (χ0n) is 15.2. The average molecular weight is 368 g/mol. The molecule has 0 saturated carbocycles. The van der Waals surface area contributed by atoms with Crippen molar-refractivity contribution >= 4 is 11.6 Å². The minimum Gasteiger partial charge on any atom is -0.490 e. The number of aryl methyl sites for hydroxylation is 1. The molecule has 3 rings (SSSR count). The van der Waals surface area contributed by atoms with E-state index in [0.29, 0.717) is 29.4 Å². The number of ether oxygens (including phenoxy) is 3. The summed E-state index contributed by atoms with van der Waals surface area (Å²) in [5.74, 6) is 0.467. The van der Waals surface area contributed by atoms with Gasteiger partial charge in [-0.15, -0.1) is 0 Å². The van der Waals surface area contributed by atoms with Crippen LogP contribution in [0, 0.1) is 6.92 Å². The lowest BCUT2D eigenvalue weighted by molar-refractivity contribution is -0.147. The first-order valence-corrected chi connectivity index (χ1v) is 8.56. The quantitative estimate of drug-likeness (QED) is 0.596. The second kappa shape index (κ2) is 8.35. The molecule has 0 amide bonds. The molecule has 0 radical (unpaired) electrons. The standard InChI is InChI=1S/C20H20N2O5/c1-3-25-16-8-4-5-9-17(16)26-13-19(24)27-12-15-11-18(23)22-10-6-7-14(2)20(22)21-15/h4-11H,3,12-13H2,1-2H3. The molecule has 1 aromatic carbocycles. The van der Waals surface area contributed by atoms with Crippen LogP contribution < -0.4 is 15.0 Å². The Bertz CT molecular complexity index is 1010. The summed E-state index contributed by atoms with van der Waals surface area (Å²) in [4.78, 5) is 28.5. The summed E-state index contributed by atoms with van der Waals surface area (Å²) < 4.78 is 17.5. The fourth-order valence-corrected chi connectivity index (χ4v) is 2.56. The maximum atomic E-state index is 12.2. The zero-order valence-corrected chi connectivity index (χ0v) is 15.2. The topological polar surface area (TPSA) is 79.1 Å². The molecule has 0 aliphatic rings. The number of benzene rings is 1. The van der Waals surface area contributed by atoms with Crippen LogP contribution in [0.3, 0.4) is 0 Å². The van der Waals surface area contributed by atoms with Gasteiger partial charge in [-0.1, -0.05) is 18.2 Å². The van der Waals surface area contributed by atoms with Gasteiger partial charge in [-0.3, -0.25) is 9.20 Å². The highest BCUT2D eigenvalue weighted by Gasteiger charge is 2.10. The Morgan fingerprint density at radius 2 is 1.85 bits per heavy atom. The van der Waals surface area contributed by atoms with Crippen LogP contribution in [0.4, 0.5) is 0 Å². The van der Waals surface area contributed by atoms with Gasteiger partial charge in [-0.05, 0) is 37.6 Å². The zero-order chi connectivity index (χ0) is 19.2. The third-order valence-electron chi connectivity index (χ3n) is 3.81. The SMILES string of the molecule is CCOc1ccccc1OCC(=O)OCc1cc(=O)n2cccc(C)c2n1. The smallest absolute Gasteiger partial charge is 0.344 e. The van der Waals surface area contributed by atoms with Crippen molar-refractivity contribution in [2.45, 2.75) is 20.5 Å². The van der Waals surface area contributed by atoms with Crippen LogP contribution in [0.1, 0.15) is 18.2 Å². The molecule has 7 nitrogen and oxygen atoms in total. The largest absolute Gasteiger partial charge is 0.490 e. The van der Waals surface area contributed by atoms with Crippen molar-refractivity contribution in [2.24, 2.45) is 0 Å². The van der Waals surface area contributed by atoms with Gasteiger partial charge in [0.25, 0.3) is 5.56 Å². The average Bonchev–Trinajstić information content (AvgIpc) is 2.67. The van der Waals surface area contributed by atoms with Gasteiger partial charge < -0.3 is 14.2 Å². The Balaban J connectivity index is 1.62. The molecule has 0 aliphatic heterocycles. The molecular weight excluding hydrogens is 348 g/mol. The Labute approximate surface area is 156 Å². The second-order valence-electron chi connectivity index (χ2n) is 5.80. The Kier molecular flexibility index (Phi) is 5.71. The van der Waals surface area contributed by atoms with Gasteiger partial charge in [0.2, 0.25) is 0 Å². The van der Waals surface area contributed by atoms with Gasteiger partial charge in [0.15, 0.2) is 18.1 Å². The molecule has 140 valence electrons. The molecular formula is C20H20N2O5. The number of pyridine rings is 1. The predicted octanol–water partition coefficient (Wildman–Crippen LogP) is 2.52. The predicted molar refractivity (Wildman–Crippen MR) is 99.1 cm³/mol. The first-order valence-electron chi connectivity index (χ1n) is 8.56. The number of hydrogen-bond acceptors (Lipinski definition) is 6.